The normalized spacial score (nSPS) is 26.0. The molecule has 2 aliphatic rings. The Bertz CT molecular complexity index is 840. The van der Waals surface area contributed by atoms with E-state index in [2.05, 4.69) is 6.07 Å². The Balaban J connectivity index is 1.70. The van der Waals surface area contributed by atoms with Gasteiger partial charge in [-0.05, 0) is 36.1 Å². The summed E-state index contributed by atoms with van der Waals surface area (Å²) in [5.41, 5.74) is 1.13. The van der Waals surface area contributed by atoms with Crippen LogP contribution in [-0.2, 0) is 9.84 Å². The number of hydrogen-bond donors (Lipinski definition) is 0. The van der Waals surface area contributed by atoms with Gasteiger partial charge < -0.3 is 4.74 Å². The Kier molecular flexibility index (Phi) is 3.49. The van der Waals surface area contributed by atoms with Gasteiger partial charge in [-0.15, -0.1) is 0 Å². The van der Waals surface area contributed by atoms with Gasteiger partial charge >= 0.3 is 0 Å². The predicted octanol–water partition coefficient (Wildman–Crippen LogP) is 3.58. The highest BCUT2D eigenvalue weighted by Crippen LogP contribution is 2.44. The van der Waals surface area contributed by atoms with Crippen molar-refractivity contribution in [2.45, 2.75) is 22.5 Å². The number of para-hydroxylation sites is 1. The molecule has 2 aromatic carbocycles. The Hall–Kier alpha value is -2.07. The maximum absolute atomic E-state index is 12.9. The molecule has 4 rings (SSSR count). The molecule has 0 amide bonds. The summed E-state index contributed by atoms with van der Waals surface area (Å²) in [5, 5.41) is -0.475. The highest BCUT2D eigenvalue weighted by atomic mass is 32.2. The first-order valence-electron chi connectivity index (χ1n) is 7.85. The van der Waals surface area contributed by atoms with Crippen molar-refractivity contribution in [2.24, 2.45) is 5.92 Å². The van der Waals surface area contributed by atoms with E-state index in [0.717, 1.165) is 11.3 Å². The number of rotatable bonds is 2. The van der Waals surface area contributed by atoms with Crippen LogP contribution in [0, 0.1) is 5.92 Å². The molecule has 2 aromatic rings. The van der Waals surface area contributed by atoms with Crippen LogP contribution < -0.4 is 4.74 Å². The fraction of sp³-hybridized carbons (Fsp3) is 0.263. The molecule has 0 saturated heterocycles. The van der Waals surface area contributed by atoms with Crippen LogP contribution in [0.5, 0.6) is 5.75 Å². The highest BCUT2D eigenvalue weighted by molar-refractivity contribution is 7.92. The van der Waals surface area contributed by atoms with E-state index in [1.165, 1.54) is 0 Å². The van der Waals surface area contributed by atoms with Crippen LogP contribution >= 0.6 is 0 Å². The third-order valence-electron chi connectivity index (χ3n) is 4.80. The predicted molar refractivity (Wildman–Crippen MR) is 89.3 cm³/mol. The molecule has 3 nitrogen and oxygen atoms in total. The van der Waals surface area contributed by atoms with Crippen molar-refractivity contribution < 1.29 is 13.2 Å². The zero-order valence-electron chi connectivity index (χ0n) is 12.6. The summed E-state index contributed by atoms with van der Waals surface area (Å²) in [5.74, 6) is 1.35. The quantitative estimate of drug-likeness (QED) is 0.792. The molecule has 1 heterocycles. The second-order valence-electron chi connectivity index (χ2n) is 6.14. The van der Waals surface area contributed by atoms with Crippen LogP contribution in [0.25, 0.3) is 0 Å². The van der Waals surface area contributed by atoms with Crippen molar-refractivity contribution in [3.63, 3.8) is 0 Å². The SMILES string of the molecule is O=S(=O)(c1ccccc1)[C@H]1C=C[C@@H]2COc3ccccc3[C@@H]2C1. The molecule has 118 valence electrons. The Labute approximate surface area is 136 Å². The number of fused-ring (bicyclic) bond motifs is 3. The fourth-order valence-electron chi connectivity index (χ4n) is 3.55. The molecule has 0 unspecified atom stereocenters. The van der Waals surface area contributed by atoms with Crippen LogP contribution in [0.1, 0.15) is 17.9 Å². The van der Waals surface area contributed by atoms with Gasteiger partial charge in [0.1, 0.15) is 5.75 Å². The first-order valence-corrected chi connectivity index (χ1v) is 9.40. The van der Waals surface area contributed by atoms with Gasteiger partial charge in [-0.25, -0.2) is 8.42 Å². The van der Waals surface area contributed by atoms with Gasteiger partial charge in [-0.1, -0.05) is 48.6 Å². The lowest BCUT2D eigenvalue weighted by atomic mass is 9.78. The smallest absolute Gasteiger partial charge is 0.184 e. The Morgan fingerprint density at radius 1 is 0.913 bits per heavy atom. The minimum Gasteiger partial charge on any atom is -0.493 e. The van der Waals surface area contributed by atoms with E-state index < -0.39 is 15.1 Å². The van der Waals surface area contributed by atoms with Gasteiger partial charge in [0, 0.05) is 5.92 Å². The molecule has 3 atom stereocenters. The number of sulfone groups is 1. The molecule has 0 bridgehead atoms. The Morgan fingerprint density at radius 2 is 1.65 bits per heavy atom. The average molecular weight is 326 g/mol. The molecule has 4 heteroatoms. The third kappa shape index (κ3) is 2.47. The number of hydrogen-bond acceptors (Lipinski definition) is 3. The molecule has 0 aromatic heterocycles. The summed E-state index contributed by atoms with van der Waals surface area (Å²) < 4.78 is 31.6. The zero-order chi connectivity index (χ0) is 15.9. The van der Waals surface area contributed by atoms with E-state index in [1.54, 1.807) is 24.3 Å². The van der Waals surface area contributed by atoms with Crippen LogP contribution in [0.15, 0.2) is 71.6 Å². The van der Waals surface area contributed by atoms with Crippen LogP contribution in [-0.4, -0.2) is 20.3 Å². The summed E-state index contributed by atoms with van der Waals surface area (Å²) >= 11 is 0. The van der Waals surface area contributed by atoms with Crippen LogP contribution in [0.2, 0.25) is 0 Å². The molecule has 0 radical (unpaired) electrons. The highest BCUT2D eigenvalue weighted by Gasteiger charge is 2.38. The lowest BCUT2D eigenvalue weighted by Crippen LogP contribution is -2.33. The van der Waals surface area contributed by atoms with Crippen molar-refractivity contribution in [3.8, 4) is 5.75 Å². The molecule has 0 saturated carbocycles. The largest absolute Gasteiger partial charge is 0.493 e. The van der Waals surface area contributed by atoms with E-state index in [-0.39, 0.29) is 11.8 Å². The zero-order valence-corrected chi connectivity index (χ0v) is 13.4. The van der Waals surface area contributed by atoms with Crippen molar-refractivity contribution in [3.05, 3.63) is 72.3 Å². The molecular formula is C19H18O3S. The van der Waals surface area contributed by atoms with Crippen LogP contribution in [0.4, 0.5) is 0 Å². The van der Waals surface area contributed by atoms with E-state index in [0.29, 0.717) is 17.9 Å². The van der Waals surface area contributed by atoms with E-state index in [4.69, 9.17) is 4.74 Å². The maximum Gasteiger partial charge on any atom is 0.184 e. The molecular weight excluding hydrogens is 308 g/mol. The minimum absolute atomic E-state index is 0.202. The Morgan fingerprint density at radius 3 is 2.48 bits per heavy atom. The van der Waals surface area contributed by atoms with E-state index >= 15 is 0 Å². The second-order valence-corrected chi connectivity index (χ2v) is 8.30. The maximum atomic E-state index is 12.9. The topological polar surface area (TPSA) is 43.4 Å². The summed E-state index contributed by atoms with van der Waals surface area (Å²) in [4.78, 5) is 0.397. The number of ether oxygens (including phenoxy) is 1. The third-order valence-corrected chi connectivity index (χ3v) is 6.87. The van der Waals surface area contributed by atoms with Gasteiger partial charge in [0.05, 0.1) is 16.8 Å². The van der Waals surface area contributed by atoms with Crippen molar-refractivity contribution in [1.82, 2.24) is 0 Å². The average Bonchev–Trinajstić information content (AvgIpc) is 2.62. The monoisotopic (exact) mass is 326 g/mol. The summed E-state index contributed by atoms with van der Waals surface area (Å²) in [6.45, 7) is 0.621. The minimum atomic E-state index is -3.34. The van der Waals surface area contributed by atoms with Crippen LogP contribution in [0.3, 0.4) is 0 Å². The van der Waals surface area contributed by atoms with Crippen molar-refractivity contribution in [2.75, 3.05) is 6.61 Å². The lowest BCUT2D eigenvalue weighted by Gasteiger charge is -2.36. The molecule has 0 spiro atoms. The molecule has 23 heavy (non-hydrogen) atoms. The first-order chi connectivity index (χ1) is 11.2. The summed E-state index contributed by atoms with van der Waals surface area (Å²) in [6, 6.07) is 16.7. The van der Waals surface area contributed by atoms with Crippen molar-refractivity contribution in [1.29, 1.82) is 0 Å². The van der Waals surface area contributed by atoms with Crippen molar-refractivity contribution >= 4 is 9.84 Å². The van der Waals surface area contributed by atoms with Gasteiger partial charge in [0.15, 0.2) is 9.84 Å². The molecule has 1 aliphatic carbocycles. The molecule has 0 fully saturated rings. The van der Waals surface area contributed by atoms with E-state index in [1.807, 2.05) is 36.4 Å². The fourth-order valence-corrected chi connectivity index (χ4v) is 5.20. The number of benzene rings is 2. The van der Waals surface area contributed by atoms with Gasteiger partial charge in [-0.3, -0.25) is 0 Å². The van der Waals surface area contributed by atoms with E-state index in [9.17, 15) is 8.42 Å². The van der Waals surface area contributed by atoms with Gasteiger partial charge in [0.25, 0.3) is 0 Å². The molecule has 0 N–H and O–H groups in total. The summed E-state index contributed by atoms with van der Waals surface area (Å²) in [7, 11) is -3.34. The van der Waals surface area contributed by atoms with Gasteiger partial charge in [-0.2, -0.15) is 0 Å². The molecule has 1 aliphatic heterocycles. The first kappa shape index (κ1) is 14.5. The standard InChI is InChI=1S/C19H18O3S/c20-23(21,15-6-2-1-3-7-15)16-11-10-14-13-22-19-9-5-4-8-17(19)18(14)12-16/h1-11,14,16,18H,12-13H2/t14-,16+,18-/m1/s1. The lowest BCUT2D eigenvalue weighted by molar-refractivity contribution is 0.214. The van der Waals surface area contributed by atoms with Gasteiger partial charge in [0.2, 0.25) is 0 Å². The second kappa shape index (κ2) is 5.53. The summed E-state index contributed by atoms with van der Waals surface area (Å²) in [6.07, 6.45) is 4.48.